The summed E-state index contributed by atoms with van der Waals surface area (Å²) in [4.78, 5) is 11.9. The van der Waals surface area contributed by atoms with Crippen molar-refractivity contribution in [1.29, 1.82) is 0 Å². The average molecular weight is 313 g/mol. The van der Waals surface area contributed by atoms with Gasteiger partial charge in [-0.1, -0.05) is 17.4 Å². The number of anilines is 1. The van der Waals surface area contributed by atoms with Gasteiger partial charge in [-0.15, -0.1) is 10.2 Å². The summed E-state index contributed by atoms with van der Waals surface area (Å²) in [6.45, 7) is 0.739. The van der Waals surface area contributed by atoms with E-state index in [9.17, 15) is 4.79 Å². The largest absolute Gasteiger partial charge is 0.493 e. The highest BCUT2D eigenvalue weighted by atomic mass is 32.1. The normalized spacial score (nSPS) is 16.5. The third-order valence-corrected chi connectivity index (χ3v) is 4.74. The number of benzene rings is 1. The predicted molar refractivity (Wildman–Crippen MR) is 85.2 cm³/mol. The number of rotatable bonds is 4. The van der Waals surface area contributed by atoms with E-state index in [0.29, 0.717) is 11.0 Å². The zero-order chi connectivity index (χ0) is 14.9. The Balaban J connectivity index is 1.40. The standard InChI is InChI=1S/C16H15N3O2S/c20-14(17-16-19-18-15(22-16)11-3-4-11)6-2-10-1-5-13-12(9-10)7-8-21-13/h1-2,5-6,9,11H,3-4,7-8H2,(H,17,19,20)/b6-2+. The number of carbonyl (C=O) groups is 1. The molecule has 1 fully saturated rings. The van der Waals surface area contributed by atoms with E-state index in [-0.39, 0.29) is 5.91 Å². The predicted octanol–water partition coefficient (Wildman–Crippen LogP) is 3.00. The van der Waals surface area contributed by atoms with Gasteiger partial charge in [0.2, 0.25) is 11.0 Å². The molecule has 0 unspecified atom stereocenters. The van der Waals surface area contributed by atoms with Crippen molar-refractivity contribution in [2.75, 3.05) is 11.9 Å². The quantitative estimate of drug-likeness (QED) is 0.881. The van der Waals surface area contributed by atoms with Crippen molar-refractivity contribution in [1.82, 2.24) is 10.2 Å². The number of fused-ring (bicyclic) bond motifs is 1. The van der Waals surface area contributed by atoms with Gasteiger partial charge in [0.05, 0.1) is 6.61 Å². The number of ether oxygens (including phenoxy) is 1. The first-order valence-corrected chi connectivity index (χ1v) is 8.18. The van der Waals surface area contributed by atoms with Crippen molar-refractivity contribution in [2.24, 2.45) is 0 Å². The molecule has 1 aromatic heterocycles. The van der Waals surface area contributed by atoms with Gasteiger partial charge < -0.3 is 4.74 Å². The van der Waals surface area contributed by atoms with Crippen LogP contribution in [0.3, 0.4) is 0 Å². The van der Waals surface area contributed by atoms with Gasteiger partial charge in [-0.3, -0.25) is 10.1 Å². The topological polar surface area (TPSA) is 64.1 Å². The SMILES string of the molecule is O=C(/C=C/c1ccc2c(c1)CCO2)Nc1nnc(C2CC2)s1. The molecule has 0 spiro atoms. The van der Waals surface area contributed by atoms with Crippen molar-refractivity contribution >= 4 is 28.5 Å². The number of nitrogens with zero attached hydrogens (tertiary/aromatic N) is 2. The first kappa shape index (κ1) is 13.5. The van der Waals surface area contributed by atoms with Crippen LogP contribution in [0.25, 0.3) is 6.08 Å². The van der Waals surface area contributed by atoms with Gasteiger partial charge in [0.1, 0.15) is 10.8 Å². The third-order valence-electron chi connectivity index (χ3n) is 3.74. The molecule has 0 atom stereocenters. The van der Waals surface area contributed by atoms with Crippen LogP contribution in [0.5, 0.6) is 5.75 Å². The van der Waals surface area contributed by atoms with Crippen LogP contribution < -0.4 is 10.1 Å². The molecule has 1 aromatic carbocycles. The van der Waals surface area contributed by atoms with Crippen LogP contribution in [0.2, 0.25) is 0 Å². The molecule has 0 bridgehead atoms. The fraction of sp³-hybridized carbons (Fsp3) is 0.312. The van der Waals surface area contributed by atoms with Gasteiger partial charge in [-0.25, -0.2) is 0 Å². The molecule has 112 valence electrons. The Morgan fingerprint density at radius 3 is 3.14 bits per heavy atom. The first-order valence-electron chi connectivity index (χ1n) is 7.36. The number of hydrogen-bond donors (Lipinski definition) is 1. The Bertz CT molecular complexity index is 750. The minimum atomic E-state index is -0.185. The van der Waals surface area contributed by atoms with E-state index in [0.717, 1.165) is 29.3 Å². The van der Waals surface area contributed by atoms with Crippen LogP contribution in [0.15, 0.2) is 24.3 Å². The lowest BCUT2D eigenvalue weighted by molar-refractivity contribution is -0.111. The fourth-order valence-corrected chi connectivity index (χ4v) is 3.32. The molecule has 22 heavy (non-hydrogen) atoms. The zero-order valence-electron chi connectivity index (χ0n) is 11.9. The second kappa shape index (κ2) is 5.53. The molecule has 1 amide bonds. The summed E-state index contributed by atoms with van der Waals surface area (Å²) in [6.07, 6.45) is 6.62. The number of hydrogen-bond acceptors (Lipinski definition) is 5. The van der Waals surface area contributed by atoms with E-state index in [1.807, 2.05) is 12.1 Å². The van der Waals surface area contributed by atoms with Gasteiger partial charge in [0, 0.05) is 18.4 Å². The molecule has 6 heteroatoms. The van der Waals surface area contributed by atoms with Crippen LogP contribution in [-0.4, -0.2) is 22.7 Å². The van der Waals surface area contributed by atoms with Crippen LogP contribution in [0, 0.1) is 0 Å². The van der Waals surface area contributed by atoms with E-state index in [1.54, 1.807) is 6.08 Å². The number of carbonyl (C=O) groups excluding carboxylic acids is 1. The van der Waals surface area contributed by atoms with Crippen LogP contribution >= 0.6 is 11.3 Å². The second-order valence-corrected chi connectivity index (χ2v) is 6.52. The maximum Gasteiger partial charge on any atom is 0.250 e. The van der Waals surface area contributed by atoms with Crippen LogP contribution in [0.4, 0.5) is 5.13 Å². The van der Waals surface area contributed by atoms with Crippen molar-refractivity contribution in [3.05, 3.63) is 40.4 Å². The number of amides is 1. The molecule has 1 saturated carbocycles. The van der Waals surface area contributed by atoms with E-state index >= 15 is 0 Å². The summed E-state index contributed by atoms with van der Waals surface area (Å²) >= 11 is 1.47. The minimum Gasteiger partial charge on any atom is -0.493 e. The zero-order valence-corrected chi connectivity index (χ0v) is 12.7. The lowest BCUT2D eigenvalue weighted by Gasteiger charge is -1.99. The van der Waals surface area contributed by atoms with Crippen molar-refractivity contribution < 1.29 is 9.53 Å². The summed E-state index contributed by atoms with van der Waals surface area (Å²) in [7, 11) is 0. The van der Waals surface area contributed by atoms with E-state index in [4.69, 9.17) is 4.74 Å². The molecule has 1 N–H and O–H groups in total. The Kier molecular flexibility index (Phi) is 3.38. The molecular formula is C16H15N3O2S. The Morgan fingerprint density at radius 1 is 1.36 bits per heavy atom. The lowest BCUT2D eigenvalue weighted by atomic mass is 10.1. The Hall–Kier alpha value is -2.21. The van der Waals surface area contributed by atoms with Crippen molar-refractivity contribution in [3.63, 3.8) is 0 Å². The molecule has 0 saturated heterocycles. The highest BCUT2D eigenvalue weighted by Crippen LogP contribution is 2.42. The van der Waals surface area contributed by atoms with Crippen LogP contribution in [-0.2, 0) is 11.2 Å². The smallest absolute Gasteiger partial charge is 0.250 e. The summed E-state index contributed by atoms with van der Waals surface area (Å²) in [5.41, 5.74) is 2.19. The fourth-order valence-electron chi connectivity index (χ4n) is 2.41. The Labute approximate surface area is 132 Å². The molecular weight excluding hydrogens is 298 g/mol. The molecule has 2 aliphatic rings. The summed E-state index contributed by atoms with van der Waals surface area (Å²) in [5.74, 6) is 1.32. The summed E-state index contributed by atoms with van der Waals surface area (Å²) in [6, 6.07) is 5.96. The van der Waals surface area contributed by atoms with E-state index in [2.05, 4.69) is 21.6 Å². The summed E-state index contributed by atoms with van der Waals surface area (Å²) in [5, 5.41) is 12.5. The maximum atomic E-state index is 11.9. The Morgan fingerprint density at radius 2 is 2.27 bits per heavy atom. The molecule has 0 radical (unpaired) electrons. The average Bonchev–Trinajstić information content (AvgIpc) is 3.08. The number of aromatic nitrogens is 2. The van der Waals surface area contributed by atoms with Gasteiger partial charge in [-0.05, 0) is 42.2 Å². The first-order chi connectivity index (χ1) is 10.8. The van der Waals surface area contributed by atoms with Gasteiger partial charge in [0.25, 0.3) is 0 Å². The summed E-state index contributed by atoms with van der Waals surface area (Å²) < 4.78 is 5.47. The van der Waals surface area contributed by atoms with E-state index in [1.165, 1.54) is 35.8 Å². The molecule has 1 aliphatic heterocycles. The van der Waals surface area contributed by atoms with Gasteiger partial charge in [-0.2, -0.15) is 0 Å². The monoisotopic (exact) mass is 313 g/mol. The van der Waals surface area contributed by atoms with Gasteiger partial charge >= 0.3 is 0 Å². The highest BCUT2D eigenvalue weighted by Gasteiger charge is 2.27. The number of nitrogens with one attached hydrogen (secondary N) is 1. The van der Waals surface area contributed by atoms with Gasteiger partial charge in [0.15, 0.2) is 0 Å². The highest BCUT2D eigenvalue weighted by molar-refractivity contribution is 7.15. The maximum absolute atomic E-state index is 11.9. The molecule has 1 aliphatic carbocycles. The van der Waals surface area contributed by atoms with Crippen molar-refractivity contribution in [3.8, 4) is 5.75 Å². The second-order valence-electron chi connectivity index (χ2n) is 5.51. The molecule has 2 heterocycles. The molecule has 2 aromatic rings. The van der Waals surface area contributed by atoms with Crippen LogP contribution in [0.1, 0.15) is 34.9 Å². The lowest BCUT2D eigenvalue weighted by Crippen LogP contribution is -2.07. The minimum absolute atomic E-state index is 0.185. The molecule has 4 rings (SSSR count). The van der Waals surface area contributed by atoms with Crippen molar-refractivity contribution in [2.45, 2.75) is 25.2 Å². The van der Waals surface area contributed by atoms with E-state index < -0.39 is 0 Å². The molecule has 5 nitrogen and oxygen atoms in total. The third kappa shape index (κ3) is 2.87.